The first-order chi connectivity index (χ1) is 9.86. The normalized spacial score (nSPS) is 27.4. The van der Waals surface area contributed by atoms with Crippen molar-refractivity contribution >= 4 is 5.69 Å². The SMILES string of the molecule is CCCC1CCCN(C2CNc3ccccc3C2)CC1. The maximum atomic E-state index is 3.63. The molecule has 0 aromatic heterocycles. The maximum absolute atomic E-state index is 3.63. The van der Waals surface area contributed by atoms with Crippen molar-refractivity contribution in [2.24, 2.45) is 5.92 Å². The molecule has 0 amide bonds. The Morgan fingerprint density at radius 1 is 1.20 bits per heavy atom. The highest BCUT2D eigenvalue weighted by atomic mass is 15.2. The van der Waals surface area contributed by atoms with Crippen molar-refractivity contribution in [2.45, 2.75) is 51.5 Å². The van der Waals surface area contributed by atoms with Crippen molar-refractivity contribution in [3.63, 3.8) is 0 Å². The topological polar surface area (TPSA) is 15.3 Å². The van der Waals surface area contributed by atoms with Gasteiger partial charge >= 0.3 is 0 Å². The summed E-state index contributed by atoms with van der Waals surface area (Å²) in [6.07, 6.45) is 8.25. The molecule has 20 heavy (non-hydrogen) atoms. The quantitative estimate of drug-likeness (QED) is 0.897. The van der Waals surface area contributed by atoms with Crippen molar-refractivity contribution in [1.29, 1.82) is 0 Å². The van der Waals surface area contributed by atoms with E-state index < -0.39 is 0 Å². The lowest BCUT2D eigenvalue weighted by Gasteiger charge is -2.35. The molecule has 1 aromatic rings. The third-order valence-corrected chi connectivity index (χ3v) is 5.10. The molecule has 1 aromatic carbocycles. The van der Waals surface area contributed by atoms with E-state index in [1.807, 2.05) is 0 Å². The lowest BCUT2D eigenvalue weighted by molar-refractivity contribution is 0.204. The Kier molecular flexibility index (Phi) is 4.62. The smallest absolute Gasteiger partial charge is 0.0373 e. The molecule has 2 aliphatic rings. The number of nitrogens with one attached hydrogen (secondary N) is 1. The fourth-order valence-electron chi connectivity index (χ4n) is 3.93. The van der Waals surface area contributed by atoms with Crippen molar-refractivity contribution in [1.82, 2.24) is 4.90 Å². The van der Waals surface area contributed by atoms with Crippen molar-refractivity contribution < 1.29 is 0 Å². The van der Waals surface area contributed by atoms with Crippen LogP contribution in [0.4, 0.5) is 5.69 Å². The largest absolute Gasteiger partial charge is 0.383 e. The minimum atomic E-state index is 0.699. The van der Waals surface area contributed by atoms with Gasteiger partial charge in [-0.2, -0.15) is 0 Å². The molecule has 1 fully saturated rings. The van der Waals surface area contributed by atoms with Gasteiger partial charge < -0.3 is 5.32 Å². The third kappa shape index (κ3) is 3.17. The number of benzene rings is 1. The summed E-state index contributed by atoms with van der Waals surface area (Å²) >= 11 is 0. The molecule has 2 nitrogen and oxygen atoms in total. The van der Waals surface area contributed by atoms with E-state index in [2.05, 4.69) is 41.4 Å². The van der Waals surface area contributed by atoms with E-state index >= 15 is 0 Å². The van der Waals surface area contributed by atoms with Gasteiger partial charge in [0.25, 0.3) is 0 Å². The second-order valence-electron chi connectivity index (χ2n) is 6.52. The van der Waals surface area contributed by atoms with Crippen LogP contribution in [0, 0.1) is 5.92 Å². The minimum Gasteiger partial charge on any atom is -0.383 e. The standard InChI is InChI=1S/C18H28N2/c1-2-6-15-7-5-11-20(12-10-15)17-13-16-8-3-4-9-18(16)19-14-17/h3-4,8-9,15,17,19H,2,5-7,10-14H2,1H3. The van der Waals surface area contributed by atoms with E-state index in [0.29, 0.717) is 6.04 Å². The van der Waals surface area contributed by atoms with Crippen molar-refractivity contribution in [2.75, 3.05) is 25.0 Å². The molecule has 1 saturated heterocycles. The van der Waals surface area contributed by atoms with Crippen LogP contribution in [-0.2, 0) is 6.42 Å². The molecule has 0 saturated carbocycles. The number of anilines is 1. The Labute approximate surface area is 123 Å². The van der Waals surface area contributed by atoms with Crippen molar-refractivity contribution in [3.8, 4) is 0 Å². The minimum absolute atomic E-state index is 0.699. The fourth-order valence-corrected chi connectivity index (χ4v) is 3.93. The van der Waals surface area contributed by atoms with E-state index in [0.717, 1.165) is 12.5 Å². The van der Waals surface area contributed by atoms with Crippen molar-refractivity contribution in [3.05, 3.63) is 29.8 Å². The number of para-hydroxylation sites is 1. The average molecular weight is 272 g/mol. The van der Waals surface area contributed by atoms with E-state index in [1.165, 1.54) is 62.9 Å². The molecule has 2 heterocycles. The molecular weight excluding hydrogens is 244 g/mol. The first-order valence-corrected chi connectivity index (χ1v) is 8.42. The van der Waals surface area contributed by atoms with Crippen LogP contribution in [0.5, 0.6) is 0 Å². The van der Waals surface area contributed by atoms with E-state index in [4.69, 9.17) is 0 Å². The van der Waals surface area contributed by atoms with Crippen LogP contribution in [-0.4, -0.2) is 30.6 Å². The predicted molar refractivity (Wildman–Crippen MR) is 86.2 cm³/mol. The van der Waals surface area contributed by atoms with Gasteiger partial charge in [-0.3, -0.25) is 4.90 Å². The first kappa shape index (κ1) is 13.9. The highest BCUT2D eigenvalue weighted by Gasteiger charge is 2.26. The second-order valence-corrected chi connectivity index (χ2v) is 6.52. The molecule has 2 heteroatoms. The van der Waals surface area contributed by atoms with Crippen LogP contribution in [0.2, 0.25) is 0 Å². The first-order valence-electron chi connectivity index (χ1n) is 8.42. The van der Waals surface area contributed by atoms with E-state index in [-0.39, 0.29) is 0 Å². The Bertz CT molecular complexity index is 429. The molecule has 0 aliphatic carbocycles. The summed E-state index contributed by atoms with van der Waals surface area (Å²) in [6.45, 7) is 6.05. The third-order valence-electron chi connectivity index (χ3n) is 5.10. The lowest BCUT2D eigenvalue weighted by atomic mass is 9.96. The number of likely N-dealkylation sites (tertiary alicyclic amines) is 1. The number of nitrogens with zero attached hydrogens (tertiary/aromatic N) is 1. The lowest BCUT2D eigenvalue weighted by Crippen LogP contribution is -2.44. The number of rotatable bonds is 3. The molecular formula is C18H28N2. The van der Waals surface area contributed by atoms with Gasteiger partial charge in [0.2, 0.25) is 0 Å². The number of hydrogen-bond donors (Lipinski definition) is 1. The monoisotopic (exact) mass is 272 g/mol. The highest BCUT2D eigenvalue weighted by molar-refractivity contribution is 5.53. The van der Waals surface area contributed by atoms with Gasteiger partial charge in [0.1, 0.15) is 0 Å². The van der Waals surface area contributed by atoms with Gasteiger partial charge in [-0.1, -0.05) is 38.0 Å². The summed E-state index contributed by atoms with van der Waals surface area (Å²) < 4.78 is 0. The van der Waals surface area contributed by atoms with Gasteiger partial charge in [-0.05, 0) is 56.3 Å². The molecule has 2 atom stereocenters. The predicted octanol–water partition coefficient (Wildman–Crippen LogP) is 3.93. The molecule has 0 spiro atoms. The van der Waals surface area contributed by atoms with Crippen LogP contribution < -0.4 is 5.32 Å². The van der Waals surface area contributed by atoms with Gasteiger partial charge in [0.05, 0.1) is 0 Å². The zero-order chi connectivity index (χ0) is 13.8. The molecule has 3 rings (SSSR count). The molecule has 0 bridgehead atoms. The Morgan fingerprint density at radius 2 is 2.10 bits per heavy atom. The van der Waals surface area contributed by atoms with Gasteiger partial charge in [-0.15, -0.1) is 0 Å². The zero-order valence-corrected chi connectivity index (χ0v) is 12.8. The number of hydrogen-bond acceptors (Lipinski definition) is 2. The Morgan fingerprint density at radius 3 is 3.00 bits per heavy atom. The Hall–Kier alpha value is -1.02. The summed E-state index contributed by atoms with van der Waals surface area (Å²) in [6, 6.07) is 9.50. The summed E-state index contributed by atoms with van der Waals surface area (Å²) in [5.74, 6) is 0.980. The van der Waals surface area contributed by atoms with Crippen LogP contribution in [0.1, 0.15) is 44.6 Å². The van der Waals surface area contributed by atoms with Crippen LogP contribution >= 0.6 is 0 Å². The second kappa shape index (κ2) is 6.62. The van der Waals surface area contributed by atoms with Crippen LogP contribution in [0.15, 0.2) is 24.3 Å². The average Bonchev–Trinajstić information content (AvgIpc) is 2.73. The van der Waals surface area contributed by atoms with Gasteiger partial charge in [0, 0.05) is 18.3 Å². The molecule has 1 N–H and O–H groups in total. The molecule has 2 aliphatic heterocycles. The zero-order valence-electron chi connectivity index (χ0n) is 12.8. The fraction of sp³-hybridized carbons (Fsp3) is 0.667. The van der Waals surface area contributed by atoms with Gasteiger partial charge in [-0.25, -0.2) is 0 Å². The van der Waals surface area contributed by atoms with Crippen LogP contribution in [0.25, 0.3) is 0 Å². The molecule has 2 unspecified atom stereocenters. The van der Waals surface area contributed by atoms with E-state index in [9.17, 15) is 0 Å². The summed E-state index contributed by atoms with van der Waals surface area (Å²) in [4.78, 5) is 2.75. The summed E-state index contributed by atoms with van der Waals surface area (Å²) in [5, 5.41) is 3.63. The molecule has 110 valence electrons. The summed E-state index contributed by atoms with van der Waals surface area (Å²) in [7, 11) is 0. The van der Waals surface area contributed by atoms with Gasteiger partial charge in [0.15, 0.2) is 0 Å². The highest BCUT2D eigenvalue weighted by Crippen LogP contribution is 2.27. The Balaban J connectivity index is 1.60. The molecule has 0 radical (unpaired) electrons. The number of fused-ring (bicyclic) bond motifs is 1. The maximum Gasteiger partial charge on any atom is 0.0373 e. The van der Waals surface area contributed by atoms with Crippen LogP contribution in [0.3, 0.4) is 0 Å². The summed E-state index contributed by atoms with van der Waals surface area (Å²) in [5.41, 5.74) is 2.85. The van der Waals surface area contributed by atoms with E-state index in [1.54, 1.807) is 0 Å².